The molecule has 0 unspecified atom stereocenters. The summed E-state index contributed by atoms with van der Waals surface area (Å²) in [6.07, 6.45) is 3.25. The van der Waals surface area contributed by atoms with E-state index in [9.17, 15) is 19.2 Å². The molecule has 0 N–H and O–H groups in total. The summed E-state index contributed by atoms with van der Waals surface area (Å²) >= 11 is 7.08. The molecule has 0 radical (unpaired) electrons. The van der Waals surface area contributed by atoms with Crippen LogP contribution in [-0.2, 0) is 16.1 Å². The van der Waals surface area contributed by atoms with Crippen LogP contribution in [0.1, 0.15) is 48.2 Å². The second-order valence-electron chi connectivity index (χ2n) is 9.08. The lowest BCUT2D eigenvalue weighted by Crippen LogP contribution is -2.46. The molecule has 2 aliphatic rings. The molecule has 2 saturated heterocycles. The molecule has 2 aromatic carbocycles. The van der Waals surface area contributed by atoms with Crippen LogP contribution in [0, 0.1) is 5.92 Å². The van der Waals surface area contributed by atoms with Crippen LogP contribution in [0.15, 0.2) is 53.4 Å². The molecule has 0 saturated carbocycles. The van der Waals surface area contributed by atoms with E-state index >= 15 is 0 Å². The van der Waals surface area contributed by atoms with E-state index in [4.69, 9.17) is 11.6 Å². The van der Waals surface area contributed by atoms with Crippen molar-refractivity contribution in [3.05, 3.63) is 75.1 Å². The van der Waals surface area contributed by atoms with Crippen LogP contribution in [0.25, 0.3) is 6.08 Å². The van der Waals surface area contributed by atoms with Crippen LogP contribution >= 0.6 is 23.4 Å². The van der Waals surface area contributed by atoms with Gasteiger partial charge in [-0.25, -0.2) is 0 Å². The third-order valence-electron chi connectivity index (χ3n) is 6.75. The van der Waals surface area contributed by atoms with E-state index in [1.165, 1.54) is 4.90 Å². The highest BCUT2D eigenvalue weighted by Crippen LogP contribution is 2.34. The predicted molar refractivity (Wildman–Crippen MR) is 146 cm³/mol. The van der Waals surface area contributed by atoms with Gasteiger partial charge >= 0.3 is 0 Å². The minimum absolute atomic E-state index is 0.108. The van der Waals surface area contributed by atoms with E-state index in [0.717, 1.165) is 24.6 Å². The Morgan fingerprint density at radius 3 is 2.46 bits per heavy atom. The number of rotatable bonds is 7. The summed E-state index contributed by atoms with van der Waals surface area (Å²) in [6.45, 7) is 6.43. The maximum Gasteiger partial charge on any atom is 0.293 e. The molecular weight excluding hydrogens is 510 g/mol. The van der Waals surface area contributed by atoms with Crippen molar-refractivity contribution in [3.8, 4) is 0 Å². The fourth-order valence-corrected chi connectivity index (χ4v) is 5.68. The van der Waals surface area contributed by atoms with Crippen LogP contribution in [0.3, 0.4) is 0 Å². The van der Waals surface area contributed by atoms with Crippen LogP contribution in [-0.4, -0.2) is 63.8 Å². The average Bonchev–Trinajstić information content (AvgIpc) is 3.17. The molecule has 4 amide bonds. The van der Waals surface area contributed by atoms with Crippen molar-refractivity contribution in [2.24, 2.45) is 5.92 Å². The number of hydrogen-bond donors (Lipinski definition) is 0. The lowest BCUT2D eigenvalue weighted by molar-refractivity contribution is -0.136. The van der Waals surface area contributed by atoms with Gasteiger partial charge < -0.3 is 9.80 Å². The Hall–Kier alpha value is -3.10. The molecule has 2 heterocycles. The van der Waals surface area contributed by atoms with Crippen LogP contribution in [0.2, 0.25) is 5.02 Å². The second kappa shape index (κ2) is 12.0. The minimum Gasteiger partial charge on any atom is -0.343 e. The van der Waals surface area contributed by atoms with Gasteiger partial charge in [-0.05, 0) is 73.9 Å². The number of imide groups is 1. The molecule has 2 aromatic rings. The minimum atomic E-state index is -0.368. The van der Waals surface area contributed by atoms with Crippen molar-refractivity contribution in [2.45, 2.75) is 33.2 Å². The molecule has 0 spiro atoms. The van der Waals surface area contributed by atoms with Gasteiger partial charge in [0.15, 0.2) is 0 Å². The maximum atomic E-state index is 13.1. The highest BCUT2D eigenvalue weighted by Gasteiger charge is 2.35. The number of halogens is 1. The van der Waals surface area contributed by atoms with Gasteiger partial charge in [-0.15, -0.1) is 0 Å². The summed E-state index contributed by atoms with van der Waals surface area (Å²) in [6, 6.07) is 14.1. The quantitative estimate of drug-likeness (QED) is 0.446. The highest BCUT2D eigenvalue weighted by molar-refractivity contribution is 8.18. The Morgan fingerprint density at radius 2 is 1.78 bits per heavy atom. The second-order valence-corrected chi connectivity index (χ2v) is 10.5. The standard InChI is InChI=1S/C28H30ClN3O4S/c1-3-30(4-2)26(34)22-9-7-15-31(17-22)25(33)20-13-11-19(12-14-20)16-24-27(35)32(28(36)37-24)18-21-8-5-6-10-23(21)29/h5-6,8,10-14,16,22H,3-4,7,9,15,17-18H2,1-2H3/b24-16-/t22-/m0/s1. The first-order chi connectivity index (χ1) is 17.8. The SMILES string of the molecule is CCN(CC)C(=O)[C@H]1CCCN(C(=O)c2ccc(/C=C3\SC(=O)N(Cc4ccccc4Cl)C3=O)cc2)C1. The lowest BCUT2D eigenvalue weighted by atomic mass is 9.95. The number of piperidine rings is 1. The molecule has 9 heteroatoms. The van der Waals surface area contributed by atoms with Crippen molar-refractivity contribution in [1.29, 1.82) is 0 Å². The number of hydrogen-bond acceptors (Lipinski definition) is 5. The largest absolute Gasteiger partial charge is 0.343 e. The Labute approximate surface area is 226 Å². The summed E-state index contributed by atoms with van der Waals surface area (Å²) in [4.78, 5) is 56.4. The molecule has 37 heavy (non-hydrogen) atoms. The summed E-state index contributed by atoms with van der Waals surface area (Å²) in [5, 5.41) is 0.158. The fraction of sp³-hybridized carbons (Fsp3) is 0.357. The van der Waals surface area contributed by atoms with Crippen LogP contribution in [0.5, 0.6) is 0 Å². The zero-order valence-electron chi connectivity index (χ0n) is 21.0. The third-order valence-corrected chi connectivity index (χ3v) is 8.02. The van der Waals surface area contributed by atoms with E-state index in [1.807, 2.05) is 24.8 Å². The van der Waals surface area contributed by atoms with Gasteiger partial charge in [-0.2, -0.15) is 0 Å². The first-order valence-corrected chi connectivity index (χ1v) is 13.7. The van der Waals surface area contributed by atoms with Crippen LogP contribution < -0.4 is 0 Å². The zero-order valence-corrected chi connectivity index (χ0v) is 22.6. The van der Waals surface area contributed by atoms with Gasteiger partial charge in [0.2, 0.25) is 5.91 Å². The van der Waals surface area contributed by atoms with Gasteiger partial charge in [-0.1, -0.05) is 41.9 Å². The Morgan fingerprint density at radius 1 is 1.08 bits per heavy atom. The molecule has 1 atom stereocenters. The number of carbonyl (C=O) groups is 4. The maximum absolute atomic E-state index is 13.1. The van der Waals surface area contributed by atoms with E-state index in [1.54, 1.807) is 53.4 Å². The molecule has 194 valence electrons. The van der Waals surface area contributed by atoms with E-state index in [2.05, 4.69) is 0 Å². The molecule has 2 fully saturated rings. The van der Waals surface area contributed by atoms with E-state index in [0.29, 0.717) is 52.8 Å². The van der Waals surface area contributed by atoms with Crippen LogP contribution in [0.4, 0.5) is 4.79 Å². The fourth-order valence-electron chi connectivity index (χ4n) is 4.65. The summed E-state index contributed by atoms with van der Waals surface area (Å²) < 4.78 is 0. The zero-order chi connectivity index (χ0) is 26.5. The number of thioether (sulfide) groups is 1. The first kappa shape index (κ1) is 26.9. The molecular formula is C28H30ClN3O4S. The van der Waals surface area contributed by atoms with Crippen molar-refractivity contribution in [1.82, 2.24) is 14.7 Å². The van der Waals surface area contributed by atoms with Gasteiger partial charge in [0.05, 0.1) is 17.4 Å². The molecule has 4 rings (SSSR count). The van der Waals surface area contributed by atoms with Crippen molar-refractivity contribution >= 4 is 52.4 Å². The number of nitrogens with zero attached hydrogens (tertiary/aromatic N) is 3. The monoisotopic (exact) mass is 539 g/mol. The number of carbonyl (C=O) groups excluding carboxylic acids is 4. The average molecular weight is 540 g/mol. The third kappa shape index (κ3) is 6.08. The molecule has 2 aliphatic heterocycles. The van der Waals surface area contributed by atoms with Gasteiger partial charge in [0.1, 0.15) is 0 Å². The van der Waals surface area contributed by atoms with Crippen molar-refractivity contribution < 1.29 is 19.2 Å². The van der Waals surface area contributed by atoms with E-state index < -0.39 is 0 Å². The van der Waals surface area contributed by atoms with Crippen molar-refractivity contribution in [2.75, 3.05) is 26.2 Å². The summed E-state index contributed by atoms with van der Waals surface area (Å²) in [7, 11) is 0. The normalized spacial score (nSPS) is 19.0. The lowest BCUT2D eigenvalue weighted by Gasteiger charge is -2.34. The smallest absolute Gasteiger partial charge is 0.293 e. The topological polar surface area (TPSA) is 78.0 Å². The molecule has 0 aliphatic carbocycles. The predicted octanol–water partition coefficient (Wildman–Crippen LogP) is 5.30. The van der Waals surface area contributed by atoms with E-state index in [-0.39, 0.29) is 35.4 Å². The van der Waals surface area contributed by atoms with Gasteiger partial charge in [-0.3, -0.25) is 24.1 Å². The summed E-state index contributed by atoms with van der Waals surface area (Å²) in [5.41, 5.74) is 1.95. The summed E-state index contributed by atoms with van der Waals surface area (Å²) in [5.74, 6) is -0.532. The number of amides is 4. The van der Waals surface area contributed by atoms with Gasteiger partial charge in [0.25, 0.3) is 17.1 Å². The Balaban J connectivity index is 1.42. The van der Waals surface area contributed by atoms with Crippen molar-refractivity contribution in [3.63, 3.8) is 0 Å². The molecule has 0 aromatic heterocycles. The number of likely N-dealkylation sites (tertiary alicyclic amines) is 1. The number of benzene rings is 2. The molecule has 0 bridgehead atoms. The van der Waals surface area contributed by atoms with Gasteiger partial charge in [0, 0.05) is 36.8 Å². The highest BCUT2D eigenvalue weighted by atomic mass is 35.5. The Kier molecular flexibility index (Phi) is 8.71. The molecule has 7 nitrogen and oxygen atoms in total. The Bertz CT molecular complexity index is 1230. The first-order valence-electron chi connectivity index (χ1n) is 12.5.